The highest BCUT2D eigenvalue weighted by atomic mass is 35.5. The number of nitriles is 1. The largest absolute Gasteiger partial charge is 0.192 e. The molecule has 0 atom stereocenters. The van der Waals surface area contributed by atoms with Crippen LogP contribution in [0.5, 0.6) is 0 Å². The lowest BCUT2D eigenvalue weighted by molar-refractivity contribution is 0.863. The predicted octanol–water partition coefficient (Wildman–Crippen LogP) is 5.00. The molecule has 0 amide bonds. The minimum absolute atomic E-state index is 0.355. The minimum Gasteiger partial charge on any atom is -0.192 e. The summed E-state index contributed by atoms with van der Waals surface area (Å²) in [6, 6.07) is 15.9. The van der Waals surface area contributed by atoms with Gasteiger partial charge in [0.15, 0.2) is 0 Å². The Balaban J connectivity index is 2.52. The van der Waals surface area contributed by atoms with Gasteiger partial charge >= 0.3 is 0 Å². The molecule has 90 valence electrons. The molecular weight excluding hydrogens is 242 g/mol. The zero-order chi connectivity index (χ0) is 13.1. The van der Waals surface area contributed by atoms with Crippen molar-refractivity contribution in [2.75, 3.05) is 0 Å². The first-order valence-electron chi connectivity index (χ1n) is 5.92. The Kier molecular flexibility index (Phi) is 3.69. The van der Waals surface area contributed by atoms with Gasteiger partial charge in [-0.15, -0.1) is 0 Å². The number of rotatable bonds is 2. The Morgan fingerprint density at radius 3 is 2.39 bits per heavy atom. The van der Waals surface area contributed by atoms with Crippen LogP contribution in [-0.4, -0.2) is 0 Å². The van der Waals surface area contributed by atoms with Crippen molar-refractivity contribution in [3.8, 4) is 17.2 Å². The van der Waals surface area contributed by atoms with Crippen molar-refractivity contribution in [2.24, 2.45) is 0 Å². The molecule has 2 aromatic rings. The zero-order valence-corrected chi connectivity index (χ0v) is 11.2. The maximum absolute atomic E-state index is 9.22. The van der Waals surface area contributed by atoms with Gasteiger partial charge in [0.05, 0.1) is 11.6 Å². The van der Waals surface area contributed by atoms with Gasteiger partial charge in [0.25, 0.3) is 0 Å². The summed E-state index contributed by atoms with van der Waals surface area (Å²) >= 11 is 5.99. The van der Waals surface area contributed by atoms with E-state index in [0.29, 0.717) is 10.9 Å². The van der Waals surface area contributed by atoms with Gasteiger partial charge < -0.3 is 0 Å². The van der Waals surface area contributed by atoms with E-state index in [1.165, 1.54) is 0 Å². The Hall–Kier alpha value is -1.78. The van der Waals surface area contributed by atoms with Gasteiger partial charge in [0.1, 0.15) is 0 Å². The van der Waals surface area contributed by atoms with Crippen LogP contribution in [0, 0.1) is 11.3 Å². The number of nitrogens with zero attached hydrogens (tertiary/aromatic N) is 1. The van der Waals surface area contributed by atoms with Crippen molar-refractivity contribution in [1.29, 1.82) is 5.26 Å². The highest BCUT2D eigenvalue weighted by Crippen LogP contribution is 2.27. The maximum atomic E-state index is 9.22. The standard InChI is InChI=1S/C16H14ClN/c1-11(2)16-7-6-13(8-14(16)10-18)12-4-3-5-15(17)9-12/h3-9,11H,1-2H3. The van der Waals surface area contributed by atoms with Crippen LogP contribution >= 0.6 is 11.6 Å². The number of benzene rings is 2. The summed E-state index contributed by atoms with van der Waals surface area (Å²) in [6.07, 6.45) is 0. The van der Waals surface area contributed by atoms with Gasteiger partial charge in [-0.25, -0.2) is 0 Å². The van der Waals surface area contributed by atoms with Crippen molar-refractivity contribution >= 4 is 11.6 Å². The van der Waals surface area contributed by atoms with E-state index in [4.69, 9.17) is 11.6 Å². The molecule has 1 nitrogen and oxygen atoms in total. The molecule has 2 rings (SSSR count). The van der Waals surface area contributed by atoms with Gasteiger partial charge in [-0.05, 0) is 40.8 Å². The Morgan fingerprint density at radius 2 is 1.78 bits per heavy atom. The molecule has 0 heterocycles. The topological polar surface area (TPSA) is 23.8 Å². The third kappa shape index (κ3) is 2.55. The van der Waals surface area contributed by atoms with E-state index in [1.54, 1.807) is 0 Å². The molecule has 0 spiro atoms. The lowest BCUT2D eigenvalue weighted by atomic mass is 9.94. The van der Waals surface area contributed by atoms with Crippen LogP contribution in [0.25, 0.3) is 11.1 Å². The first-order valence-corrected chi connectivity index (χ1v) is 6.29. The van der Waals surface area contributed by atoms with Crippen LogP contribution in [0.4, 0.5) is 0 Å². The molecule has 0 N–H and O–H groups in total. The van der Waals surface area contributed by atoms with Crippen LogP contribution in [0.3, 0.4) is 0 Å². The predicted molar refractivity (Wildman–Crippen MR) is 75.7 cm³/mol. The first kappa shape index (κ1) is 12.7. The molecule has 0 saturated carbocycles. The fraction of sp³-hybridized carbons (Fsp3) is 0.188. The van der Waals surface area contributed by atoms with Gasteiger partial charge in [-0.3, -0.25) is 0 Å². The summed E-state index contributed by atoms with van der Waals surface area (Å²) in [4.78, 5) is 0. The van der Waals surface area contributed by atoms with Gasteiger partial charge in [-0.1, -0.05) is 49.7 Å². The van der Waals surface area contributed by atoms with E-state index in [2.05, 4.69) is 19.9 Å². The van der Waals surface area contributed by atoms with Crippen molar-refractivity contribution in [2.45, 2.75) is 19.8 Å². The van der Waals surface area contributed by atoms with Crippen LogP contribution in [0.2, 0.25) is 5.02 Å². The fourth-order valence-electron chi connectivity index (χ4n) is 2.00. The second-order valence-corrected chi connectivity index (χ2v) is 5.02. The monoisotopic (exact) mass is 255 g/mol. The lowest BCUT2D eigenvalue weighted by Gasteiger charge is -2.10. The highest BCUT2D eigenvalue weighted by molar-refractivity contribution is 6.30. The summed E-state index contributed by atoms with van der Waals surface area (Å²) in [5.41, 5.74) is 3.89. The van der Waals surface area contributed by atoms with Crippen LogP contribution in [0.15, 0.2) is 42.5 Å². The molecule has 0 unspecified atom stereocenters. The molecule has 2 heteroatoms. The van der Waals surface area contributed by atoms with Crippen LogP contribution in [-0.2, 0) is 0 Å². The third-order valence-electron chi connectivity index (χ3n) is 2.95. The van der Waals surface area contributed by atoms with E-state index < -0.39 is 0 Å². The number of halogens is 1. The summed E-state index contributed by atoms with van der Waals surface area (Å²) in [6.45, 7) is 4.18. The van der Waals surface area contributed by atoms with Crippen molar-refractivity contribution < 1.29 is 0 Å². The third-order valence-corrected chi connectivity index (χ3v) is 3.19. The van der Waals surface area contributed by atoms with E-state index in [-0.39, 0.29) is 0 Å². The molecule has 0 aliphatic rings. The van der Waals surface area contributed by atoms with E-state index in [1.807, 2.05) is 42.5 Å². The molecule has 0 aliphatic carbocycles. The maximum Gasteiger partial charge on any atom is 0.0994 e. The first-order chi connectivity index (χ1) is 8.61. The summed E-state index contributed by atoms with van der Waals surface area (Å²) < 4.78 is 0. The van der Waals surface area contributed by atoms with Crippen LogP contribution in [0.1, 0.15) is 30.9 Å². The van der Waals surface area contributed by atoms with Crippen LogP contribution < -0.4 is 0 Å². The highest BCUT2D eigenvalue weighted by Gasteiger charge is 2.08. The van der Waals surface area contributed by atoms with Gasteiger partial charge in [0, 0.05) is 5.02 Å². The Morgan fingerprint density at radius 1 is 1.06 bits per heavy atom. The van der Waals surface area contributed by atoms with E-state index >= 15 is 0 Å². The molecule has 0 radical (unpaired) electrons. The minimum atomic E-state index is 0.355. The average molecular weight is 256 g/mol. The zero-order valence-electron chi connectivity index (χ0n) is 10.4. The Bertz CT molecular complexity index is 609. The summed E-state index contributed by atoms with van der Waals surface area (Å²) in [7, 11) is 0. The Labute approximate surface area is 113 Å². The molecule has 18 heavy (non-hydrogen) atoms. The SMILES string of the molecule is CC(C)c1ccc(-c2cccc(Cl)c2)cc1C#N. The average Bonchev–Trinajstić information content (AvgIpc) is 2.37. The molecule has 0 saturated heterocycles. The summed E-state index contributed by atoms with van der Waals surface area (Å²) in [5.74, 6) is 0.355. The number of hydrogen-bond acceptors (Lipinski definition) is 1. The molecule has 0 fully saturated rings. The molecule has 0 aromatic heterocycles. The van der Waals surface area contributed by atoms with Crippen molar-refractivity contribution in [3.63, 3.8) is 0 Å². The molecule has 2 aromatic carbocycles. The molecule has 0 bridgehead atoms. The number of hydrogen-bond donors (Lipinski definition) is 0. The smallest absolute Gasteiger partial charge is 0.0994 e. The van der Waals surface area contributed by atoms with E-state index in [9.17, 15) is 5.26 Å². The second-order valence-electron chi connectivity index (χ2n) is 4.58. The summed E-state index contributed by atoms with van der Waals surface area (Å²) in [5, 5.41) is 9.92. The van der Waals surface area contributed by atoms with Gasteiger partial charge in [-0.2, -0.15) is 5.26 Å². The fourth-order valence-corrected chi connectivity index (χ4v) is 2.19. The quantitative estimate of drug-likeness (QED) is 0.741. The van der Waals surface area contributed by atoms with Crippen molar-refractivity contribution in [3.05, 3.63) is 58.6 Å². The second kappa shape index (κ2) is 5.25. The van der Waals surface area contributed by atoms with Crippen molar-refractivity contribution in [1.82, 2.24) is 0 Å². The van der Waals surface area contributed by atoms with E-state index in [0.717, 1.165) is 22.3 Å². The molecular formula is C16H14ClN. The lowest BCUT2D eigenvalue weighted by Crippen LogP contribution is -1.93. The molecule has 0 aliphatic heterocycles. The normalized spacial score (nSPS) is 10.4. The van der Waals surface area contributed by atoms with Gasteiger partial charge in [0.2, 0.25) is 0 Å².